The number of carbonyl (C=O) groups is 1. The van der Waals surface area contributed by atoms with Gasteiger partial charge in [-0.15, -0.1) is 0 Å². The molecule has 0 amide bonds. The lowest BCUT2D eigenvalue weighted by molar-refractivity contribution is 0.0874. The Kier molecular flexibility index (Phi) is 4.90. The van der Waals surface area contributed by atoms with E-state index in [1.165, 1.54) is 12.1 Å². The molecule has 0 aliphatic carbocycles. The van der Waals surface area contributed by atoms with E-state index in [9.17, 15) is 9.18 Å². The molecule has 0 fully saturated rings. The predicted molar refractivity (Wildman–Crippen MR) is 61.4 cm³/mol. The van der Waals surface area contributed by atoms with Gasteiger partial charge in [0.15, 0.2) is 5.78 Å². The maximum absolute atomic E-state index is 13.4. The van der Waals surface area contributed by atoms with Crippen molar-refractivity contribution in [2.24, 2.45) is 0 Å². The number of ketones is 1. The van der Waals surface area contributed by atoms with E-state index in [0.29, 0.717) is 11.4 Å². The molecule has 2 nitrogen and oxygen atoms in total. The van der Waals surface area contributed by atoms with Crippen LogP contribution in [-0.4, -0.2) is 19.0 Å². The molecule has 1 rings (SSSR count). The summed E-state index contributed by atoms with van der Waals surface area (Å²) in [5, 5.41) is 0.291. The van der Waals surface area contributed by atoms with Crippen LogP contribution < -0.4 is 0 Å². The maximum Gasteiger partial charge on any atom is 0.165 e. The molecule has 0 heterocycles. The van der Waals surface area contributed by atoms with Crippen molar-refractivity contribution in [2.75, 3.05) is 7.11 Å². The third-order valence-corrected chi connectivity index (χ3v) is 2.65. The Morgan fingerprint density at radius 3 is 2.81 bits per heavy atom. The van der Waals surface area contributed by atoms with Gasteiger partial charge in [-0.05, 0) is 31.5 Å². The number of Topliss-reactive ketones (excluding diaryl/α,β-unsaturated/α-hetero) is 1. The lowest BCUT2D eigenvalue weighted by Gasteiger charge is -2.08. The van der Waals surface area contributed by atoms with Crippen molar-refractivity contribution in [1.29, 1.82) is 0 Å². The second-order valence-electron chi connectivity index (χ2n) is 3.63. The molecule has 0 aliphatic heterocycles. The Labute approximate surface area is 99.4 Å². The first-order valence-electron chi connectivity index (χ1n) is 5.05. The number of benzene rings is 1. The number of hydrogen-bond acceptors (Lipinski definition) is 2. The molecule has 0 bridgehead atoms. The van der Waals surface area contributed by atoms with E-state index >= 15 is 0 Å². The summed E-state index contributed by atoms with van der Waals surface area (Å²) in [6, 6.07) is 4.07. The molecular weight excluding hydrogens is 231 g/mol. The van der Waals surface area contributed by atoms with Gasteiger partial charge in [0.25, 0.3) is 0 Å². The minimum atomic E-state index is -0.567. The molecule has 1 unspecified atom stereocenters. The highest BCUT2D eigenvalue weighted by Gasteiger charge is 2.13. The fourth-order valence-corrected chi connectivity index (χ4v) is 1.46. The van der Waals surface area contributed by atoms with Crippen molar-refractivity contribution in [3.05, 3.63) is 34.6 Å². The summed E-state index contributed by atoms with van der Waals surface area (Å²) >= 11 is 5.60. The van der Waals surface area contributed by atoms with Crippen LogP contribution in [0.15, 0.2) is 18.2 Å². The number of rotatable bonds is 5. The number of halogens is 2. The van der Waals surface area contributed by atoms with E-state index in [0.717, 1.165) is 6.07 Å². The zero-order valence-electron chi connectivity index (χ0n) is 9.30. The lowest BCUT2D eigenvalue weighted by Crippen LogP contribution is -2.09. The fraction of sp³-hybridized carbons (Fsp3) is 0.417. The molecule has 1 aromatic carbocycles. The van der Waals surface area contributed by atoms with Crippen LogP contribution in [0.2, 0.25) is 5.02 Å². The number of carbonyl (C=O) groups excluding carboxylic acids is 1. The van der Waals surface area contributed by atoms with Crippen LogP contribution in [0, 0.1) is 5.82 Å². The van der Waals surface area contributed by atoms with E-state index in [4.69, 9.17) is 16.3 Å². The van der Waals surface area contributed by atoms with Crippen LogP contribution in [-0.2, 0) is 4.74 Å². The van der Waals surface area contributed by atoms with Gasteiger partial charge in [-0.25, -0.2) is 4.39 Å². The minimum Gasteiger partial charge on any atom is -0.382 e. The molecule has 0 N–H and O–H groups in total. The molecule has 88 valence electrons. The average molecular weight is 245 g/mol. The van der Waals surface area contributed by atoms with E-state index in [-0.39, 0.29) is 23.9 Å². The fourth-order valence-electron chi connectivity index (χ4n) is 1.30. The Hall–Kier alpha value is -0.930. The first-order chi connectivity index (χ1) is 7.54. The summed E-state index contributed by atoms with van der Waals surface area (Å²) < 4.78 is 18.4. The first-order valence-corrected chi connectivity index (χ1v) is 5.43. The smallest absolute Gasteiger partial charge is 0.165 e. The molecule has 0 spiro atoms. The molecule has 0 radical (unpaired) electrons. The summed E-state index contributed by atoms with van der Waals surface area (Å²) in [5.74, 6) is -0.791. The van der Waals surface area contributed by atoms with Gasteiger partial charge >= 0.3 is 0 Å². The van der Waals surface area contributed by atoms with Gasteiger partial charge < -0.3 is 4.74 Å². The van der Waals surface area contributed by atoms with E-state index in [1.807, 2.05) is 6.92 Å². The zero-order valence-corrected chi connectivity index (χ0v) is 10.1. The van der Waals surface area contributed by atoms with Crippen LogP contribution in [0.25, 0.3) is 0 Å². The van der Waals surface area contributed by atoms with Gasteiger partial charge in [0.1, 0.15) is 5.82 Å². The Balaban J connectivity index is 2.66. The van der Waals surface area contributed by atoms with Crippen LogP contribution in [0.1, 0.15) is 30.1 Å². The maximum atomic E-state index is 13.4. The van der Waals surface area contributed by atoms with Crippen molar-refractivity contribution in [1.82, 2.24) is 0 Å². The summed E-state index contributed by atoms with van der Waals surface area (Å²) in [5.41, 5.74) is 0.0905. The van der Waals surface area contributed by atoms with Crippen molar-refractivity contribution >= 4 is 17.4 Å². The molecule has 1 aromatic rings. The highest BCUT2D eigenvalue weighted by molar-refractivity contribution is 6.30. The van der Waals surface area contributed by atoms with Crippen LogP contribution in [0.5, 0.6) is 0 Å². The third-order valence-electron chi connectivity index (χ3n) is 2.41. The highest BCUT2D eigenvalue weighted by Crippen LogP contribution is 2.17. The van der Waals surface area contributed by atoms with Crippen LogP contribution >= 0.6 is 11.6 Å². The third kappa shape index (κ3) is 3.58. The molecule has 16 heavy (non-hydrogen) atoms. The topological polar surface area (TPSA) is 26.3 Å². The highest BCUT2D eigenvalue weighted by atomic mass is 35.5. The molecule has 0 aromatic heterocycles. The zero-order chi connectivity index (χ0) is 12.1. The van der Waals surface area contributed by atoms with Crippen molar-refractivity contribution in [2.45, 2.75) is 25.9 Å². The lowest BCUT2D eigenvalue weighted by atomic mass is 10.0. The summed E-state index contributed by atoms with van der Waals surface area (Å²) in [4.78, 5) is 11.7. The molecular formula is C12H14ClFO2. The van der Waals surface area contributed by atoms with Crippen LogP contribution in [0.3, 0.4) is 0 Å². The largest absolute Gasteiger partial charge is 0.382 e. The average Bonchev–Trinajstić information content (AvgIpc) is 2.25. The van der Waals surface area contributed by atoms with Crippen LogP contribution in [0.4, 0.5) is 4.39 Å². The predicted octanol–water partition coefficient (Wildman–Crippen LogP) is 3.48. The second kappa shape index (κ2) is 5.97. The molecule has 0 saturated heterocycles. The van der Waals surface area contributed by atoms with Crippen molar-refractivity contribution in [3.63, 3.8) is 0 Å². The van der Waals surface area contributed by atoms with Gasteiger partial charge in [-0.3, -0.25) is 4.79 Å². The van der Waals surface area contributed by atoms with Gasteiger partial charge in [-0.1, -0.05) is 11.6 Å². The monoisotopic (exact) mass is 244 g/mol. The molecule has 4 heteroatoms. The quantitative estimate of drug-likeness (QED) is 0.742. The molecule has 0 saturated carbocycles. The number of methoxy groups -OCH3 is 1. The SMILES string of the molecule is COC(C)CCC(=O)c1ccc(Cl)cc1F. The summed E-state index contributed by atoms with van der Waals surface area (Å²) in [6.45, 7) is 1.87. The van der Waals surface area contributed by atoms with Crippen molar-refractivity contribution in [3.8, 4) is 0 Å². The van der Waals surface area contributed by atoms with Crippen molar-refractivity contribution < 1.29 is 13.9 Å². The molecule has 1 atom stereocenters. The van der Waals surface area contributed by atoms with Gasteiger partial charge in [-0.2, -0.15) is 0 Å². The van der Waals surface area contributed by atoms with Gasteiger partial charge in [0, 0.05) is 18.6 Å². The number of ether oxygens (including phenoxy) is 1. The standard InChI is InChI=1S/C12H14ClFO2/c1-8(16-2)3-6-12(15)10-5-4-9(13)7-11(10)14/h4-5,7-8H,3,6H2,1-2H3. The Morgan fingerprint density at radius 2 is 2.25 bits per heavy atom. The Morgan fingerprint density at radius 1 is 1.56 bits per heavy atom. The Bertz CT molecular complexity index is 379. The molecule has 0 aliphatic rings. The van der Waals surface area contributed by atoms with E-state index < -0.39 is 5.82 Å². The summed E-state index contributed by atoms with van der Waals surface area (Å²) in [7, 11) is 1.58. The second-order valence-corrected chi connectivity index (χ2v) is 4.07. The van der Waals surface area contributed by atoms with Gasteiger partial charge in [0.05, 0.1) is 11.7 Å². The van der Waals surface area contributed by atoms with E-state index in [1.54, 1.807) is 7.11 Å². The minimum absolute atomic E-state index is 0.000638. The normalized spacial score (nSPS) is 12.5. The van der Waals surface area contributed by atoms with Gasteiger partial charge in [0.2, 0.25) is 0 Å². The summed E-state index contributed by atoms with van der Waals surface area (Å²) in [6.07, 6.45) is 0.852. The number of hydrogen-bond donors (Lipinski definition) is 0. The first kappa shape index (κ1) is 13.1. The van der Waals surface area contributed by atoms with E-state index in [2.05, 4.69) is 0 Å².